The number of hydrogen-bond donors (Lipinski definition) is 2. The SMILES string of the molecule is CC1=NC(N)=C2C=C(c3ccc(C(=O)N4CCN(C(=O)C5(N)CCC5)CC4)cc3)C=CC12. The Labute approximate surface area is 188 Å². The Hall–Kier alpha value is -3.19. The molecule has 1 aromatic carbocycles. The summed E-state index contributed by atoms with van der Waals surface area (Å²) < 4.78 is 0. The molecule has 0 bridgehead atoms. The van der Waals surface area contributed by atoms with E-state index >= 15 is 0 Å². The Morgan fingerprint density at radius 2 is 1.72 bits per heavy atom. The smallest absolute Gasteiger partial charge is 0.253 e. The summed E-state index contributed by atoms with van der Waals surface area (Å²) in [5.41, 5.74) is 16.4. The van der Waals surface area contributed by atoms with Crippen LogP contribution in [0.4, 0.5) is 0 Å². The number of carbonyl (C=O) groups is 2. The number of amides is 2. The van der Waals surface area contributed by atoms with Gasteiger partial charge in [0.1, 0.15) is 5.82 Å². The summed E-state index contributed by atoms with van der Waals surface area (Å²) in [4.78, 5) is 33.6. The van der Waals surface area contributed by atoms with Crippen molar-refractivity contribution in [2.24, 2.45) is 22.4 Å². The van der Waals surface area contributed by atoms with Crippen LogP contribution in [0.25, 0.3) is 5.57 Å². The van der Waals surface area contributed by atoms with E-state index in [1.165, 1.54) is 0 Å². The van der Waals surface area contributed by atoms with Crippen molar-refractivity contribution in [2.75, 3.05) is 26.2 Å². The van der Waals surface area contributed by atoms with Crippen LogP contribution in [-0.2, 0) is 4.79 Å². The van der Waals surface area contributed by atoms with Gasteiger partial charge in [0.05, 0.1) is 5.54 Å². The van der Waals surface area contributed by atoms with E-state index < -0.39 is 5.54 Å². The molecule has 4 aliphatic rings. The van der Waals surface area contributed by atoms with Gasteiger partial charge in [0.15, 0.2) is 0 Å². The van der Waals surface area contributed by atoms with Gasteiger partial charge in [-0.3, -0.25) is 9.59 Å². The van der Waals surface area contributed by atoms with Gasteiger partial charge in [-0.15, -0.1) is 0 Å². The molecular formula is C25H29N5O2. The van der Waals surface area contributed by atoms with Crippen LogP contribution in [0, 0.1) is 5.92 Å². The molecule has 1 saturated carbocycles. The third-order valence-electron chi connectivity index (χ3n) is 7.15. The number of piperazine rings is 1. The number of allylic oxidation sites excluding steroid dienone is 5. The number of fused-ring (bicyclic) bond motifs is 1. The molecule has 2 fully saturated rings. The highest BCUT2D eigenvalue weighted by atomic mass is 16.2. The largest absolute Gasteiger partial charge is 0.383 e. The molecule has 2 aliphatic carbocycles. The monoisotopic (exact) mass is 431 g/mol. The van der Waals surface area contributed by atoms with E-state index in [0.29, 0.717) is 37.6 Å². The third-order valence-corrected chi connectivity index (χ3v) is 7.15. The van der Waals surface area contributed by atoms with E-state index in [1.807, 2.05) is 41.0 Å². The molecule has 0 radical (unpaired) electrons. The zero-order valence-electron chi connectivity index (χ0n) is 18.4. The number of hydrogen-bond acceptors (Lipinski definition) is 5. The molecule has 1 atom stereocenters. The van der Waals surface area contributed by atoms with Crippen LogP contribution >= 0.6 is 0 Å². The maximum absolute atomic E-state index is 13.0. The van der Waals surface area contributed by atoms with Crippen LogP contribution in [0.5, 0.6) is 0 Å². The van der Waals surface area contributed by atoms with Gasteiger partial charge in [0, 0.05) is 48.9 Å². The van der Waals surface area contributed by atoms with E-state index in [1.54, 1.807) is 0 Å². The van der Waals surface area contributed by atoms with Crippen molar-refractivity contribution in [1.82, 2.24) is 9.80 Å². The first-order valence-electron chi connectivity index (χ1n) is 11.3. The normalized spacial score (nSPS) is 24.0. The van der Waals surface area contributed by atoms with E-state index in [2.05, 4.69) is 23.2 Å². The molecule has 5 rings (SSSR count). The highest BCUT2D eigenvalue weighted by molar-refractivity contribution is 5.97. The lowest BCUT2D eigenvalue weighted by atomic mass is 9.76. The van der Waals surface area contributed by atoms with Crippen LogP contribution < -0.4 is 11.5 Å². The lowest BCUT2D eigenvalue weighted by Gasteiger charge is -2.43. The summed E-state index contributed by atoms with van der Waals surface area (Å²) in [6.07, 6.45) is 8.84. The number of nitrogens with two attached hydrogens (primary N) is 2. The molecule has 2 amide bonds. The van der Waals surface area contributed by atoms with Crippen LogP contribution in [0.15, 0.2) is 58.9 Å². The van der Waals surface area contributed by atoms with E-state index in [9.17, 15) is 9.59 Å². The summed E-state index contributed by atoms with van der Waals surface area (Å²) in [6, 6.07) is 7.68. The maximum Gasteiger partial charge on any atom is 0.253 e. The molecule has 1 unspecified atom stereocenters. The molecule has 2 heterocycles. The van der Waals surface area contributed by atoms with Crippen LogP contribution in [0.1, 0.15) is 42.1 Å². The predicted molar refractivity (Wildman–Crippen MR) is 125 cm³/mol. The number of nitrogens with zero attached hydrogens (tertiary/aromatic N) is 3. The van der Waals surface area contributed by atoms with Gasteiger partial charge in [0.2, 0.25) is 5.91 Å². The Balaban J connectivity index is 1.23. The first-order chi connectivity index (χ1) is 15.4. The summed E-state index contributed by atoms with van der Waals surface area (Å²) in [5.74, 6) is 0.782. The fourth-order valence-corrected chi connectivity index (χ4v) is 4.90. The lowest BCUT2D eigenvalue weighted by Crippen LogP contribution is -2.62. The van der Waals surface area contributed by atoms with Gasteiger partial charge in [-0.25, -0.2) is 4.99 Å². The van der Waals surface area contributed by atoms with Gasteiger partial charge in [0.25, 0.3) is 5.91 Å². The predicted octanol–water partition coefficient (Wildman–Crippen LogP) is 2.07. The second-order valence-electron chi connectivity index (χ2n) is 9.20. The minimum Gasteiger partial charge on any atom is -0.383 e. The highest BCUT2D eigenvalue weighted by Gasteiger charge is 2.43. The summed E-state index contributed by atoms with van der Waals surface area (Å²) >= 11 is 0. The minimum absolute atomic E-state index is 0.00486. The van der Waals surface area contributed by atoms with Crippen molar-refractivity contribution in [3.8, 4) is 0 Å². The van der Waals surface area contributed by atoms with Crippen molar-refractivity contribution < 1.29 is 9.59 Å². The molecule has 2 aliphatic heterocycles. The molecule has 4 N–H and O–H groups in total. The van der Waals surface area contributed by atoms with Gasteiger partial charge in [-0.05, 0) is 55.5 Å². The molecule has 166 valence electrons. The lowest BCUT2D eigenvalue weighted by molar-refractivity contribution is -0.141. The Morgan fingerprint density at radius 3 is 2.34 bits per heavy atom. The number of benzene rings is 1. The molecule has 0 spiro atoms. The number of carbonyl (C=O) groups excluding carboxylic acids is 2. The van der Waals surface area contributed by atoms with E-state index in [0.717, 1.165) is 41.7 Å². The molecule has 1 saturated heterocycles. The molecule has 1 aromatic rings. The van der Waals surface area contributed by atoms with Crippen molar-refractivity contribution in [3.63, 3.8) is 0 Å². The number of aliphatic imine (C=N–C) groups is 1. The molecule has 7 heteroatoms. The Morgan fingerprint density at radius 1 is 1.06 bits per heavy atom. The number of rotatable bonds is 3. The standard InChI is InChI=1S/C25H29N5O2/c1-16-20-8-7-19(15-21(20)22(26)28-16)17-3-5-18(6-4-17)23(31)29-11-13-30(14-12-29)24(32)25(27)9-2-10-25/h3-8,15,20H,2,9-14,26-27H2,1H3. The van der Waals surface area contributed by atoms with Crippen molar-refractivity contribution in [3.05, 3.63) is 65.0 Å². The maximum atomic E-state index is 13.0. The van der Waals surface area contributed by atoms with Gasteiger partial charge in [-0.1, -0.05) is 24.3 Å². The average Bonchev–Trinajstić information content (AvgIpc) is 3.09. The second-order valence-corrected chi connectivity index (χ2v) is 9.20. The van der Waals surface area contributed by atoms with Gasteiger partial charge < -0.3 is 21.3 Å². The summed E-state index contributed by atoms with van der Waals surface area (Å²) in [7, 11) is 0. The third kappa shape index (κ3) is 3.46. The molecule has 0 aromatic heterocycles. The fraction of sp³-hybridized carbons (Fsp3) is 0.400. The van der Waals surface area contributed by atoms with Crippen molar-refractivity contribution >= 4 is 23.1 Å². The van der Waals surface area contributed by atoms with E-state index in [-0.39, 0.29) is 17.7 Å². The topological polar surface area (TPSA) is 105 Å². The Kier molecular flexibility index (Phi) is 5.01. The zero-order chi connectivity index (χ0) is 22.5. The highest BCUT2D eigenvalue weighted by Crippen LogP contribution is 2.34. The molecule has 7 nitrogen and oxygen atoms in total. The van der Waals surface area contributed by atoms with Crippen LogP contribution in [0.2, 0.25) is 0 Å². The zero-order valence-corrected chi connectivity index (χ0v) is 18.4. The molecule has 32 heavy (non-hydrogen) atoms. The van der Waals surface area contributed by atoms with Crippen LogP contribution in [-0.4, -0.2) is 59.0 Å². The Bertz CT molecular complexity index is 1080. The summed E-state index contributed by atoms with van der Waals surface area (Å²) in [5, 5.41) is 0. The average molecular weight is 432 g/mol. The quantitative estimate of drug-likeness (QED) is 0.764. The fourth-order valence-electron chi connectivity index (χ4n) is 4.90. The van der Waals surface area contributed by atoms with Crippen molar-refractivity contribution in [2.45, 2.75) is 31.7 Å². The summed E-state index contributed by atoms with van der Waals surface area (Å²) in [6.45, 7) is 4.14. The molecular weight excluding hydrogens is 402 g/mol. The first kappa shape index (κ1) is 20.7. The van der Waals surface area contributed by atoms with Crippen LogP contribution in [0.3, 0.4) is 0 Å². The van der Waals surface area contributed by atoms with Gasteiger partial charge in [-0.2, -0.15) is 0 Å². The first-order valence-corrected chi connectivity index (χ1v) is 11.3. The second kappa shape index (κ2) is 7.74. The van der Waals surface area contributed by atoms with Gasteiger partial charge >= 0.3 is 0 Å². The van der Waals surface area contributed by atoms with Crippen molar-refractivity contribution in [1.29, 1.82) is 0 Å². The van der Waals surface area contributed by atoms with E-state index in [4.69, 9.17) is 11.5 Å². The minimum atomic E-state index is -0.672.